The summed E-state index contributed by atoms with van der Waals surface area (Å²) in [4.78, 5) is 49.9. The highest BCUT2D eigenvalue weighted by atomic mass is 19.1. The monoisotopic (exact) mass is 616 g/mol. The van der Waals surface area contributed by atoms with E-state index in [1.165, 1.54) is 37.3 Å². The van der Waals surface area contributed by atoms with E-state index in [9.17, 15) is 28.0 Å². The molecule has 0 aliphatic carbocycles. The third-order valence-electron chi connectivity index (χ3n) is 6.33. The van der Waals surface area contributed by atoms with Crippen LogP contribution in [0.5, 0.6) is 0 Å². The molecule has 1 aliphatic heterocycles. The molecule has 2 heterocycles. The molecular formula is C32H38F2N2O8. The summed E-state index contributed by atoms with van der Waals surface area (Å²) in [6, 6.07) is 6.39. The van der Waals surface area contributed by atoms with E-state index in [0.717, 1.165) is 4.57 Å². The van der Waals surface area contributed by atoms with E-state index in [-0.39, 0.29) is 23.0 Å². The number of benzene rings is 2. The second-order valence-corrected chi connectivity index (χ2v) is 12.4. The van der Waals surface area contributed by atoms with Crippen LogP contribution in [-0.2, 0) is 30.2 Å². The standard InChI is InChI=1S/C16H20FNO4.C16H18FNO4/c2*1-9-6-11(17)10-8-13(14(19)21-5)18(12(10)7-9)15(20)22-16(2,3)4/h6-7,13H,8H2,1-5H3;6-8H,1-5H3. The van der Waals surface area contributed by atoms with E-state index in [0.29, 0.717) is 22.4 Å². The molecule has 1 aromatic heterocycles. The van der Waals surface area contributed by atoms with E-state index < -0.39 is 53.0 Å². The molecule has 44 heavy (non-hydrogen) atoms. The number of fused-ring (bicyclic) bond motifs is 2. The van der Waals surface area contributed by atoms with Crippen LogP contribution < -0.4 is 4.90 Å². The molecule has 0 N–H and O–H groups in total. The number of carbonyl (C=O) groups excluding carboxylic acids is 4. The van der Waals surface area contributed by atoms with Crippen molar-refractivity contribution >= 4 is 40.7 Å². The SMILES string of the molecule is COC(=O)C1Cc2c(F)cc(C)cc2N1C(=O)OC(C)(C)C.COC(=O)c1cc2c(F)cc(C)cc2n1C(=O)OC(C)(C)C. The van der Waals surface area contributed by atoms with Gasteiger partial charge in [-0.1, -0.05) is 0 Å². The van der Waals surface area contributed by atoms with Crippen LogP contribution in [0.25, 0.3) is 10.9 Å². The number of rotatable bonds is 2. The van der Waals surface area contributed by atoms with Crippen LogP contribution in [0.2, 0.25) is 0 Å². The number of nitrogens with zero attached hydrogens (tertiary/aromatic N) is 2. The molecule has 4 rings (SSSR count). The predicted octanol–water partition coefficient (Wildman–Crippen LogP) is 6.63. The first-order valence-electron chi connectivity index (χ1n) is 13.8. The van der Waals surface area contributed by atoms with Gasteiger partial charge in [0.05, 0.1) is 25.4 Å². The highest BCUT2D eigenvalue weighted by Crippen LogP contribution is 2.36. The number of hydrogen-bond donors (Lipinski definition) is 0. The van der Waals surface area contributed by atoms with Gasteiger partial charge in [-0.25, -0.2) is 32.5 Å². The second-order valence-electron chi connectivity index (χ2n) is 12.4. The molecule has 0 fully saturated rings. The second kappa shape index (κ2) is 12.6. The average Bonchev–Trinajstić information content (AvgIpc) is 3.46. The smallest absolute Gasteiger partial charge is 0.419 e. The molecule has 2 aromatic carbocycles. The molecule has 1 aliphatic rings. The van der Waals surface area contributed by atoms with Gasteiger partial charge in [-0.15, -0.1) is 0 Å². The van der Waals surface area contributed by atoms with Crippen molar-refractivity contribution in [3.8, 4) is 0 Å². The molecule has 1 atom stereocenters. The lowest BCUT2D eigenvalue weighted by Gasteiger charge is -2.28. The zero-order valence-corrected chi connectivity index (χ0v) is 26.6. The first-order chi connectivity index (χ1) is 20.3. The molecular weight excluding hydrogens is 578 g/mol. The number of halogens is 2. The molecule has 0 bridgehead atoms. The molecule has 238 valence electrons. The van der Waals surface area contributed by atoms with E-state index in [2.05, 4.69) is 4.74 Å². The fourth-order valence-electron chi connectivity index (χ4n) is 4.64. The predicted molar refractivity (Wildman–Crippen MR) is 159 cm³/mol. The summed E-state index contributed by atoms with van der Waals surface area (Å²) in [6.45, 7) is 13.7. The Kier molecular flexibility index (Phi) is 9.77. The zero-order valence-electron chi connectivity index (χ0n) is 26.6. The summed E-state index contributed by atoms with van der Waals surface area (Å²) in [6.07, 6.45) is -1.37. The van der Waals surface area contributed by atoms with Crippen LogP contribution >= 0.6 is 0 Å². The van der Waals surface area contributed by atoms with Crippen LogP contribution in [-0.4, -0.2) is 60.2 Å². The third kappa shape index (κ3) is 7.53. The number of methoxy groups -OCH3 is 2. The number of ether oxygens (including phenoxy) is 4. The Bertz CT molecular complexity index is 1620. The maximum atomic E-state index is 14.1. The lowest BCUT2D eigenvalue weighted by atomic mass is 10.1. The van der Waals surface area contributed by atoms with E-state index >= 15 is 0 Å². The van der Waals surface area contributed by atoms with Gasteiger partial charge in [0.15, 0.2) is 0 Å². The number of esters is 2. The maximum absolute atomic E-state index is 14.1. The Morgan fingerprint density at radius 1 is 0.773 bits per heavy atom. The molecule has 1 unspecified atom stereocenters. The topological polar surface area (TPSA) is 113 Å². The van der Waals surface area contributed by atoms with Gasteiger partial charge in [0, 0.05) is 17.4 Å². The first kappa shape index (κ1) is 34.0. The summed E-state index contributed by atoms with van der Waals surface area (Å²) in [5.74, 6) is -2.28. The molecule has 1 amide bonds. The van der Waals surface area contributed by atoms with Gasteiger partial charge in [0.2, 0.25) is 0 Å². The van der Waals surface area contributed by atoms with Crippen molar-refractivity contribution in [3.05, 3.63) is 64.4 Å². The lowest BCUT2D eigenvalue weighted by Crippen LogP contribution is -2.45. The third-order valence-corrected chi connectivity index (χ3v) is 6.33. The first-order valence-corrected chi connectivity index (χ1v) is 13.8. The summed E-state index contributed by atoms with van der Waals surface area (Å²) < 4.78 is 49.3. The minimum atomic E-state index is -0.911. The van der Waals surface area contributed by atoms with Crippen molar-refractivity contribution < 1.29 is 46.9 Å². The van der Waals surface area contributed by atoms with Crippen molar-refractivity contribution in [2.45, 2.75) is 79.1 Å². The van der Waals surface area contributed by atoms with Crippen molar-refractivity contribution in [2.24, 2.45) is 0 Å². The van der Waals surface area contributed by atoms with E-state index in [4.69, 9.17) is 14.2 Å². The summed E-state index contributed by atoms with van der Waals surface area (Å²) >= 11 is 0. The Morgan fingerprint density at radius 3 is 1.86 bits per heavy atom. The largest absolute Gasteiger partial charge is 0.467 e. The lowest BCUT2D eigenvalue weighted by molar-refractivity contribution is -0.142. The number of amides is 1. The van der Waals surface area contributed by atoms with Crippen molar-refractivity contribution in [3.63, 3.8) is 0 Å². The zero-order chi connectivity index (χ0) is 33.3. The number of anilines is 1. The minimum absolute atomic E-state index is 0.0729. The Labute approximate surface area is 254 Å². The summed E-state index contributed by atoms with van der Waals surface area (Å²) in [5, 5.41) is 0.164. The van der Waals surface area contributed by atoms with Gasteiger partial charge in [0.1, 0.15) is 34.6 Å². The Morgan fingerprint density at radius 2 is 1.32 bits per heavy atom. The fraction of sp³-hybridized carbons (Fsp3) is 0.438. The average molecular weight is 617 g/mol. The molecule has 0 saturated carbocycles. The van der Waals surface area contributed by atoms with Gasteiger partial charge in [-0.05, 0) is 96.8 Å². The van der Waals surface area contributed by atoms with Crippen LogP contribution in [0.15, 0.2) is 30.3 Å². The number of carbonyl (C=O) groups is 4. The van der Waals surface area contributed by atoms with Crippen molar-refractivity contribution in [1.29, 1.82) is 0 Å². The molecule has 0 saturated heterocycles. The molecule has 3 aromatic rings. The van der Waals surface area contributed by atoms with Gasteiger partial charge < -0.3 is 18.9 Å². The van der Waals surface area contributed by atoms with Gasteiger partial charge >= 0.3 is 24.1 Å². The van der Waals surface area contributed by atoms with Gasteiger partial charge in [-0.2, -0.15) is 0 Å². The fourth-order valence-corrected chi connectivity index (χ4v) is 4.64. The summed E-state index contributed by atoms with van der Waals surface area (Å²) in [7, 11) is 2.43. The van der Waals surface area contributed by atoms with E-state index in [1.54, 1.807) is 67.5 Å². The summed E-state index contributed by atoms with van der Waals surface area (Å²) in [5.41, 5.74) is 0.712. The minimum Gasteiger partial charge on any atom is -0.467 e. The molecule has 0 radical (unpaired) electrons. The van der Waals surface area contributed by atoms with Crippen molar-refractivity contribution in [2.75, 3.05) is 19.1 Å². The van der Waals surface area contributed by atoms with E-state index in [1.807, 2.05) is 0 Å². The normalized spacial score (nSPS) is 14.4. The quantitative estimate of drug-likeness (QED) is 0.233. The molecule has 10 nitrogen and oxygen atoms in total. The highest BCUT2D eigenvalue weighted by Gasteiger charge is 2.42. The van der Waals surface area contributed by atoms with Gasteiger partial charge in [-0.3, -0.25) is 4.90 Å². The van der Waals surface area contributed by atoms with Crippen LogP contribution in [0.3, 0.4) is 0 Å². The van der Waals surface area contributed by atoms with Crippen LogP contribution in [0, 0.1) is 25.5 Å². The number of hydrogen-bond acceptors (Lipinski definition) is 8. The number of aromatic nitrogens is 1. The highest BCUT2D eigenvalue weighted by molar-refractivity contribution is 6.02. The molecule has 0 spiro atoms. The maximum Gasteiger partial charge on any atom is 0.419 e. The van der Waals surface area contributed by atoms with Gasteiger partial charge in [0.25, 0.3) is 0 Å². The number of aryl methyl sites for hydroxylation is 2. The molecule has 12 heteroatoms. The van der Waals surface area contributed by atoms with Crippen LogP contribution in [0.4, 0.5) is 24.1 Å². The van der Waals surface area contributed by atoms with Crippen molar-refractivity contribution in [1.82, 2.24) is 4.57 Å². The Hall–Kier alpha value is -4.48. The van der Waals surface area contributed by atoms with Crippen LogP contribution in [0.1, 0.15) is 68.7 Å². The Balaban J connectivity index is 0.000000240.